The summed E-state index contributed by atoms with van der Waals surface area (Å²) >= 11 is 0. The summed E-state index contributed by atoms with van der Waals surface area (Å²) in [6.07, 6.45) is 4.94. The van der Waals surface area contributed by atoms with Crippen molar-refractivity contribution in [1.29, 1.82) is 0 Å². The lowest BCUT2D eigenvalue weighted by Crippen LogP contribution is -2.61. The third-order valence-corrected chi connectivity index (χ3v) is 5.81. The van der Waals surface area contributed by atoms with Gasteiger partial charge in [-0.3, -0.25) is 9.88 Å². The zero-order valence-electron chi connectivity index (χ0n) is 17.7. The van der Waals surface area contributed by atoms with Crippen molar-refractivity contribution in [3.8, 4) is 0 Å². The molecule has 8 nitrogen and oxygen atoms in total. The first-order chi connectivity index (χ1) is 15.7. The molecule has 0 radical (unpaired) electrons. The molecule has 2 aliphatic rings. The maximum Gasteiger partial charge on any atom is 0.150 e. The van der Waals surface area contributed by atoms with E-state index < -0.39 is 0 Å². The molecule has 5 rings (SSSR count). The maximum atomic E-state index is 13.2. The minimum absolute atomic E-state index is 0.239. The molecule has 0 unspecified atom stereocenters. The smallest absolute Gasteiger partial charge is 0.150 e. The summed E-state index contributed by atoms with van der Waals surface area (Å²) in [7, 11) is 0. The van der Waals surface area contributed by atoms with E-state index in [2.05, 4.69) is 36.5 Å². The van der Waals surface area contributed by atoms with Gasteiger partial charge in [-0.05, 0) is 17.7 Å². The highest BCUT2D eigenvalue weighted by Gasteiger charge is 2.33. The van der Waals surface area contributed by atoms with Gasteiger partial charge in [-0.2, -0.15) is 0 Å². The molecule has 2 aromatic heterocycles. The molecule has 0 aliphatic carbocycles. The van der Waals surface area contributed by atoms with Gasteiger partial charge < -0.3 is 20.3 Å². The van der Waals surface area contributed by atoms with Crippen LogP contribution in [-0.4, -0.2) is 65.3 Å². The predicted molar refractivity (Wildman–Crippen MR) is 122 cm³/mol. The fourth-order valence-corrected chi connectivity index (χ4v) is 3.98. The van der Waals surface area contributed by atoms with E-state index in [-0.39, 0.29) is 5.82 Å². The van der Waals surface area contributed by atoms with Crippen LogP contribution in [0.25, 0.3) is 0 Å². The van der Waals surface area contributed by atoms with E-state index in [1.165, 1.54) is 12.1 Å². The van der Waals surface area contributed by atoms with E-state index >= 15 is 0 Å². The molecule has 0 spiro atoms. The Hall–Kier alpha value is -3.30. The fraction of sp³-hybridized carbons (Fsp3) is 0.348. The Morgan fingerprint density at radius 3 is 2.53 bits per heavy atom. The van der Waals surface area contributed by atoms with Crippen molar-refractivity contribution in [2.45, 2.75) is 12.6 Å². The maximum absolute atomic E-state index is 13.2. The molecular weight excluding hydrogens is 409 g/mol. The summed E-state index contributed by atoms with van der Waals surface area (Å²) < 4.78 is 18.7. The lowest BCUT2D eigenvalue weighted by molar-refractivity contribution is 0.0105. The van der Waals surface area contributed by atoms with E-state index in [1.54, 1.807) is 30.7 Å². The van der Waals surface area contributed by atoms with Crippen LogP contribution < -0.4 is 15.5 Å². The van der Waals surface area contributed by atoms with Crippen LogP contribution >= 0.6 is 0 Å². The van der Waals surface area contributed by atoms with Crippen molar-refractivity contribution in [2.75, 3.05) is 54.9 Å². The van der Waals surface area contributed by atoms with E-state index in [0.717, 1.165) is 56.5 Å². The third-order valence-electron chi connectivity index (χ3n) is 5.81. The van der Waals surface area contributed by atoms with Crippen molar-refractivity contribution in [3.63, 3.8) is 0 Å². The number of aromatic nitrogens is 3. The number of nitrogens with one attached hydrogen (secondary N) is 2. The van der Waals surface area contributed by atoms with Crippen molar-refractivity contribution >= 4 is 23.1 Å². The van der Waals surface area contributed by atoms with Crippen molar-refractivity contribution in [3.05, 3.63) is 66.4 Å². The first-order valence-electron chi connectivity index (χ1n) is 10.8. The van der Waals surface area contributed by atoms with Crippen LogP contribution in [0, 0.1) is 5.82 Å². The van der Waals surface area contributed by atoms with Crippen LogP contribution in [0.2, 0.25) is 0 Å². The molecule has 32 heavy (non-hydrogen) atoms. The molecule has 3 aromatic rings. The first-order valence-corrected chi connectivity index (χ1v) is 10.8. The minimum atomic E-state index is -0.239. The van der Waals surface area contributed by atoms with Crippen LogP contribution in [0.3, 0.4) is 0 Å². The molecule has 4 heterocycles. The average Bonchev–Trinajstić information content (AvgIpc) is 2.79. The molecule has 9 heteroatoms. The Labute approximate surface area is 186 Å². The molecule has 166 valence electrons. The lowest BCUT2D eigenvalue weighted by atomic mass is 10.1. The number of benzene rings is 1. The van der Waals surface area contributed by atoms with Gasteiger partial charge in [-0.25, -0.2) is 14.4 Å². The lowest BCUT2D eigenvalue weighted by Gasteiger charge is -2.47. The molecular formula is C23H26FN7O. The average molecular weight is 436 g/mol. The van der Waals surface area contributed by atoms with Crippen molar-refractivity contribution in [2.24, 2.45) is 0 Å². The van der Waals surface area contributed by atoms with Crippen LogP contribution in [0.4, 0.5) is 27.5 Å². The van der Waals surface area contributed by atoms with Gasteiger partial charge in [-0.15, -0.1) is 0 Å². The van der Waals surface area contributed by atoms with Gasteiger partial charge in [-0.1, -0.05) is 12.1 Å². The second kappa shape index (κ2) is 9.46. The quantitative estimate of drug-likeness (QED) is 0.587. The summed E-state index contributed by atoms with van der Waals surface area (Å²) in [6, 6.07) is 11.1. The van der Waals surface area contributed by atoms with Gasteiger partial charge in [0.25, 0.3) is 0 Å². The van der Waals surface area contributed by atoms with E-state index in [9.17, 15) is 4.39 Å². The Balaban J connectivity index is 1.31. The summed E-state index contributed by atoms with van der Waals surface area (Å²) in [4.78, 5) is 17.9. The Morgan fingerprint density at radius 2 is 1.78 bits per heavy atom. The van der Waals surface area contributed by atoms with Crippen LogP contribution in [0.1, 0.15) is 5.56 Å². The third kappa shape index (κ3) is 4.95. The zero-order chi connectivity index (χ0) is 21.8. The number of halogens is 1. The Morgan fingerprint density at radius 1 is 1.00 bits per heavy atom. The molecule has 2 fully saturated rings. The highest BCUT2D eigenvalue weighted by atomic mass is 19.1. The van der Waals surface area contributed by atoms with E-state index in [1.807, 2.05) is 6.07 Å². The molecule has 0 saturated carbocycles. The van der Waals surface area contributed by atoms with Crippen molar-refractivity contribution in [1.82, 2.24) is 19.9 Å². The highest BCUT2D eigenvalue weighted by molar-refractivity contribution is 5.65. The molecule has 0 atom stereocenters. The topological polar surface area (TPSA) is 78.4 Å². The summed E-state index contributed by atoms with van der Waals surface area (Å²) in [5, 5.41) is 6.60. The summed E-state index contributed by atoms with van der Waals surface area (Å²) in [6.45, 7) is 6.14. The van der Waals surface area contributed by atoms with E-state index in [0.29, 0.717) is 24.2 Å². The number of ether oxygens (including phenoxy) is 1. The Kier molecular flexibility index (Phi) is 6.09. The predicted octanol–water partition coefficient (Wildman–Crippen LogP) is 2.89. The summed E-state index contributed by atoms with van der Waals surface area (Å²) in [5.74, 6) is 1.83. The number of morpholine rings is 1. The van der Waals surface area contributed by atoms with Crippen LogP contribution in [0.5, 0.6) is 0 Å². The fourth-order valence-electron chi connectivity index (χ4n) is 3.98. The minimum Gasteiger partial charge on any atom is -0.379 e. The first kappa shape index (κ1) is 20.6. The summed E-state index contributed by atoms with van der Waals surface area (Å²) in [5.41, 5.74) is 2.08. The number of pyridine rings is 1. The molecule has 0 bridgehead atoms. The molecule has 2 aliphatic heterocycles. The zero-order valence-corrected chi connectivity index (χ0v) is 17.7. The number of nitrogens with zero attached hydrogens (tertiary/aromatic N) is 5. The number of hydrogen-bond acceptors (Lipinski definition) is 8. The van der Waals surface area contributed by atoms with Gasteiger partial charge >= 0.3 is 0 Å². The van der Waals surface area contributed by atoms with E-state index in [4.69, 9.17) is 9.72 Å². The van der Waals surface area contributed by atoms with Gasteiger partial charge in [0.2, 0.25) is 0 Å². The number of hydrogen-bond donors (Lipinski definition) is 2. The highest BCUT2D eigenvalue weighted by Crippen LogP contribution is 2.29. The monoisotopic (exact) mass is 435 g/mol. The van der Waals surface area contributed by atoms with Gasteiger partial charge in [0.1, 0.15) is 23.3 Å². The largest absolute Gasteiger partial charge is 0.379 e. The number of rotatable bonds is 7. The second-order valence-corrected chi connectivity index (χ2v) is 8.00. The van der Waals surface area contributed by atoms with Crippen LogP contribution in [0.15, 0.2) is 55.0 Å². The Bertz CT molecular complexity index is 1020. The van der Waals surface area contributed by atoms with Gasteiger partial charge in [0.15, 0.2) is 0 Å². The molecule has 0 amide bonds. The SMILES string of the molecule is Fc1ccc(CNc2cc(N3CC(N4CCOCC4)C3)cc(Nc3cnccn3)n2)cc1. The molecule has 1 aromatic carbocycles. The normalized spacial score (nSPS) is 17.1. The number of anilines is 4. The van der Waals surface area contributed by atoms with Gasteiger partial charge in [0, 0.05) is 69.0 Å². The standard InChI is InChI=1S/C23H26FN7O/c24-18-3-1-17(2-4-18)13-27-21-11-19(12-22(28-21)29-23-14-25-5-6-26-23)31-15-20(16-31)30-7-9-32-10-8-30/h1-6,11-12,14,20H,7-10,13,15-16H2,(H2,26,27,28,29). The van der Waals surface area contributed by atoms with Gasteiger partial charge in [0.05, 0.1) is 19.4 Å². The van der Waals surface area contributed by atoms with Crippen LogP contribution in [-0.2, 0) is 11.3 Å². The second-order valence-electron chi connectivity index (χ2n) is 8.00. The molecule has 2 saturated heterocycles. The molecule has 2 N–H and O–H groups in total. The van der Waals surface area contributed by atoms with Crippen molar-refractivity contribution < 1.29 is 9.13 Å².